The van der Waals surface area contributed by atoms with Gasteiger partial charge in [0.15, 0.2) is 0 Å². The van der Waals surface area contributed by atoms with Crippen molar-refractivity contribution in [2.24, 2.45) is 5.92 Å². The molecule has 0 atom stereocenters. The van der Waals surface area contributed by atoms with Gasteiger partial charge in [-0.25, -0.2) is 0 Å². The number of benzene rings is 2. The van der Waals surface area contributed by atoms with Crippen LogP contribution >= 0.6 is 0 Å². The maximum absolute atomic E-state index is 5.54. The summed E-state index contributed by atoms with van der Waals surface area (Å²) in [5.41, 5.74) is 5.57. The summed E-state index contributed by atoms with van der Waals surface area (Å²) in [6.07, 6.45) is 16.6. The summed E-state index contributed by atoms with van der Waals surface area (Å²) in [7, 11) is 0. The number of hydrogen-bond donors (Lipinski definition) is 0. The van der Waals surface area contributed by atoms with Crippen molar-refractivity contribution < 1.29 is 4.74 Å². The Hall–Kier alpha value is -2.12. The van der Waals surface area contributed by atoms with Crippen LogP contribution in [0, 0.1) is 5.92 Å². The first kappa shape index (κ1) is 22.6. The van der Waals surface area contributed by atoms with E-state index in [-0.39, 0.29) is 0 Å². The normalized spacial score (nSPS) is 19.2. The largest absolute Gasteiger partial charge is 0.373 e. The van der Waals surface area contributed by atoms with E-state index in [9.17, 15) is 0 Å². The molecule has 3 rings (SSSR count). The molecule has 1 fully saturated rings. The van der Waals surface area contributed by atoms with Crippen molar-refractivity contribution in [3.63, 3.8) is 0 Å². The van der Waals surface area contributed by atoms with Crippen molar-refractivity contribution in [2.75, 3.05) is 6.61 Å². The van der Waals surface area contributed by atoms with Gasteiger partial charge in [-0.15, -0.1) is 6.58 Å². The van der Waals surface area contributed by atoms with Crippen LogP contribution in [-0.2, 0) is 17.8 Å². The van der Waals surface area contributed by atoms with Crippen LogP contribution < -0.4 is 0 Å². The Balaban J connectivity index is 1.39. The molecule has 2 aromatic carbocycles. The average molecular weight is 403 g/mol. The second-order valence-corrected chi connectivity index (χ2v) is 8.73. The van der Waals surface area contributed by atoms with Crippen molar-refractivity contribution in [2.45, 2.75) is 70.8 Å². The molecule has 1 aliphatic rings. The van der Waals surface area contributed by atoms with Gasteiger partial charge in [0.05, 0.1) is 13.2 Å². The van der Waals surface area contributed by atoms with E-state index in [1.54, 1.807) is 6.08 Å². The minimum Gasteiger partial charge on any atom is -0.373 e. The first-order chi connectivity index (χ1) is 14.8. The standard InChI is InChI=1S/C29H38O/c1-3-5-6-7-24-8-10-25(11-9-24)12-13-26-14-18-28(19-15-26)29-20-16-27(17-21-29)23-30-22-4-2/h4,6-11,16-17,20-21,26,28H,2-3,5,12-15,18-19,22-23H2,1H3/b7-6+/t26-,28-. The average Bonchev–Trinajstić information content (AvgIpc) is 2.80. The molecule has 1 saturated carbocycles. The van der Waals surface area contributed by atoms with E-state index >= 15 is 0 Å². The van der Waals surface area contributed by atoms with Crippen molar-refractivity contribution in [1.29, 1.82) is 0 Å². The molecule has 1 heteroatoms. The molecule has 2 aromatic rings. The molecule has 0 saturated heterocycles. The van der Waals surface area contributed by atoms with Gasteiger partial charge in [0.25, 0.3) is 0 Å². The molecule has 1 nitrogen and oxygen atoms in total. The lowest BCUT2D eigenvalue weighted by molar-refractivity contribution is 0.149. The van der Waals surface area contributed by atoms with Gasteiger partial charge in [0.1, 0.15) is 0 Å². The fourth-order valence-electron chi connectivity index (χ4n) is 4.48. The predicted octanol–water partition coefficient (Wildman–Crippen LogP) is 8.11. The lowest BCUT2D eigenvalue weighted by Gasteiger charge is -2.29. The van der Waals surface area contributed by atoms with Crippen molar-refractivity contribution in [1.82, 2.24) is 0 Å². The highest BCUT2D eigenvalue weighted by atomic mass is 16.5. The zero-order valence-corrected chi connectivity index (χ0v) is 18.7. The number of aryl methyl sites for hydroxylation is 1. The molecule has 0 radical (unpaired) electrons. The van der Waals surface area contributed by atoms with E-state index in [4.69, 9.17) is 4.74 Å². The molecular weight excluding hydrogens is 364 g/mol. The van der Waals surface area contributed by atoms with Crippen molar-refractivity contribution in [3.05, 3.63) is 89.5 Å². The molecule has 0 N–H and O–H groups in total. The highest BCUT2D eigenvalue weighted by Gasteiger charge is 2.22. The Kier molecular flexibility index (Phi) is 9.44. The summed E-state index contributed by atoms with van der Waals surface area (Å²) < 4.78 is 5.54. The van der Waals surface area contributed by atoms with E-state index in [1.165, 1.54) is 73.6 Å². The fourth-order valence-corrected chi connectivity index (χ4v) is 4.48. The van der Waals surface area contributed by atoms with Crippen LogP contribution in [0.15, 0.2) is 67.3 Å². The minimum absolute atomic E-state index is 0.617. The second-order valence-electron chi connectivity index (χ2n) is 8.73. The molecule has 0 aliphatic heterocycles. The van der Waals surface area contributed by atoms with Crippen LogP contribution in [0.4, 0.5) is 0 Å². The molecule has 1 aliphatic carbocycles. The van der Waals surface area contributed by atoms with Crippen molar-refractivity contribution in [3.8, 4) is 0 Å². The van der Waals surface area contributed by atoms with Crippen LogP contribution in [0.1, 0.15) is 80.0 Å². The monoisotopic (exact) mass is 402 g/mol. The molecule has 0 bridgehead atoms. The summed E-state index contributed by atoms with van der Waals surface area (Å²) in [6.45, 7) is 7.21. The predicted molar refractivity (Wildman–Crippen MR) is 130 cm³/mol. The first-order valence-corrected chi connectivity index (χ1v) is 11.8. The van der Waals surface area contributed by atoms with Crippen LogP contribution in [0.2, 0.25) is 0 Å². The van der Waals surface area contributed by atoms with E-state index in [0.717, 1.165) is 11.8 Å². The molecule has 0 spiro atoms. The number of unbranched alkanes of at least 4 members (excludes halogenated alkanes) is 1. The highest BCUT2D eigenvalue weighted by molar-refractivity contribution is 5.49. The topological polar surface area (TPSA) is 9.23 Å². The molecule has 0 heterocycles. The first-order valence-electron chi connectivity index (χ1n) is 11.8. The van der Waals surface area contributed by atoms with Gasteiger partial charge < -0.3 is 4.74 Å². The number of ether oxygens (including phenoxy) is 1. The number of hydrogen-bond acceptors (Lipinski definition) is 1. The SMILES string of the molecule is C=CCOCc1ccc([C@H]2CC[C@H](CCc3ccc(/C=C/CCC)cc3)CC2)cc1. The van der Waals surface area contributed by atoms with Gasteiger partial charge >= 0.3 is 0 Å². The molecule has 0 aromatic heterocycles. The third kappa shape index (κ3) is 7.29. The van der Waals surface area contributed by atoms with Gasteiger partial charge in [-0.3, -0.25) is 0 Å². The van der Waals surface area contributed by atoms with Crippen LogP contribution in [-0.4, -0.2) is 6.61 Å². The molecule has 0 amide bonds. The molecule has 160 valence electrons. The zero-order chi connectivity index (χ0) is 21.0. The van der Waals surface area contributed by atoms with Gasteiger partial charge in [-0.05, 0) is 79.0 Å². The lowest BCUT2D eigenvalue weighted by atomic mass is 9.77. The second kappa shape index (κ2) is 12.5. The quantitative estimate of drug-likeness (QED) is 0.272. The summed E-state index contributed by atoms with van der Waals surface area (Å²) in [5, 5.41) is 0. The van der Waals surface area contributed by atoms with E-state index < -0.39 is 0 Å². The Bertz CT molecular complexity index is 761. The summed E-state index contributed by atoms with van der Waals surface area (Å²) >= 11 is 0. The van der Waals surface area contributed by atoms with Crippen molar-refractivity contribution >= 4 is 6.08 Å². The molecule has 0 unspecified atom stereocenters. The third-order valence-electron chi connectivity index (χ3n) is 6.39. The van der Waals surface area contributed by atoms with E-state index in [1.807, 2.05) is 0 Å². The van der Waals surface area contributed by atoms with Gasteiger partial charge in [-0.1, -0.05) is 80.1 Å². The van der Waals surface area contributed by atoms with E-state index in [0.29, 0.717) is 13.2 Å². The number of rotatable bonds is 11. The molecular formula is C29H38O. The van der Waals surface area contributed by atoms with Gasteiger partial charge in [-0.2, -0.15) is 0 Å². The van der Waals surface area contributed by atoms with Gasteiger partial charge in [0, 0.05) is 0 Å². The molecule has 30 heavy (non-hydrogen) atoms. The fraction of sp³-hybridized carbons (Fsp3) is 0.448. The summed E-state index contributed by atoms with van der Waals surface area (Å²) in [4.78, 5) is 0. The summed E-state index contributed by atoms with van der Waals surface area (Å²) in [6, 6.07) is 18.3. The Morgan fingerprint density at radius 2 is 1.63 bits per heavy atom. The van der Waals surface area contributed by atoms with Crippen LogP contribution in [0.3, 0.4) is 0 Å². The Morgan fingerprint density at radius 3 is 2.30 bits per heavy atom. The minimum atomic E-state index is 0.617. The summed E-state index contributed by atoms with van der Waals surface area (Å²) in [5.74, 6) is 1.62. The zero-order valence-electron chi connectivity index (χ0n) is 18.7. The van der Waals surface area contributed by atoms with Crippen LogP contribution in [0.5, 0.6) is 0 Å². The number of allylic oxidation sites excluding steroid dienone is 1. The maximum atomic E-state index is 5.54. The smallest absolute Gasteiger partial charge is 0.0721 e. The Morgan fingerprint density at radius 1 is 0.933 bits per heavy atom. The van der Waals surface area contributed by atoms with Crippen LogP contribution in [0.25, 0.3) is 6.08 Å². The lowest BCUT2D eigenvalue weighted by Crippen LogP contribution is -2.14. The third-order valence-corrected chi connectivity index (χ3v) is 6.39. The Labute approximate surface area is 183 Å². The van der Waals surface area contributed by atoms with Gasteiger partial charge in [0.2, 0.25) is 0 Å². The highest BCUT2D eigenvalue weighted by Crippen LogP contribution is 2.37. The maximum Gasteiger partial charge on any atom is 0.0721 e. The van der Waals surface area contributed by atoms with E-state index in [2.05, 4.69) is 74.2 Å².